The lowest BCUT2D eigenvalue weighted by Crippen LogP contribution is -2.38. The Balaban J connectivity index is 1.96. The van der Waals surface area contributed by atoms with Crippen LogP contribution in [-0.2, 0) is 21.2 Å². The van der Waals surface area contributed by atoms with Gasteiger partial charge >= 0.3 is 0 Å². The molecule has 6 heteroatoms. The van der Waals surface area contributed by atoms with Crippen LogP contribution < -0.4 is 9.62 Å². The van der Waals surface area contributed by atoms with Gasteiger partial charge in [0.2, 0.25) is 15.9 Å². The van der Waals surface area contributed by atoms with Crippen LogP contribution in [0.25, 0.3) is 0 Å². The van der Waals surface area contributed by atoms with Crippen molar-refractivity contribution in [1.82, 2.24) is 5.32 Å². The van der Waals surface area contributed by atoms with Crippen LogP contribution in [-0.4, -0.2) is 33.7 Å². The van der Waals surface area contributed by atoms with Crippen molar-refractivity contribution in [3.05, 3.63) is 65.2 Å². The highest BCUT2D eigenvalue weighted by Gasteiger charge is 2.17. The Kier molecular flexibility index (Phi) is 6.20. The minimum atomic E-state index is -3.42. The third kappa shape index (κ3) is 5.90. The first kappa shape index (κ1) is 19.0. The summed E-state index contributed by atoms with van der Waals surface area (Å²) in [5, 5.41) is 2.79. The van der Waals surface area contributed by atoms with E-state index in [0.717, 1.165) is 16.7 Å². The number of amides is 1. The van der Waals surface area contributed by atoms with E-state index in [0.29, 0.717) is 5.69 Å². The molecule has 25 heavy (non-hydrogen) atoms. The summed E-state index contributed by atoms with van der Waals surface area (Å²) in [4.78, 5) is 12.1. The number of sulfonamides is 1. The molecule has 134 valence electrons. The Bertz CT molecular complexity index is 847. The lowest BCUT2D eigenvalue weighted by Gasteiger charge is -2.23. The van der Waals surface area contributed by atoms with Gasteiger partial charge in [0.25, 0.3) is 0 Å². The van der Waals surface area contributed by atoms with Crippen LogP contribution in [0.4, 0.5) is 5.69 Å². The van der Waals surface area contributed by atoms with Gasteiger partial charge in [-0.15, -0.1) is 0 Å². The fourth-order valence-corrected chi connectivity index (χ4v) is 3.56. The van der Waals surface area contributed by atoms with Crippen molar-refractivity contribution in [2.45, 2.75) is 20.3 Å². The van der Waals surface area contributed by atoms with Crippen LogP contribution in [0.2, 0.25) is 0 Å². The van der Waals surface area contributed by atoms with E-state index in [4.69, 9.17) is 0 Å². The molecule has 5 nitrogen and oxygen atoms in total. The molecule has 0 heterocycles. The average Bonchev–Trinajstić information content (AvgIpc) is 2.50. The summed E-state index contributed by atoms with van der Waals surface area (Å²) in [7, 11) is -3.42. The fraction of sp³-hybridized carbons (Fsp3) is 0.316. The molecule has 0 bridgehead atoms. The number of carbonyl (C=O) groups excluding carboxylic acids is 1. The highest BCUT2D eigenvalue weighted by atomic mass is 32.2. The van der Waals surface area contributed by atoms with Gasteiger partial charge in [-0.3, -0.25) is 9.10 Å². The minimum Gasteiger partial charge on any atom is -0.354 e. The molecule has 0 spiro atoms. The molecule has 0 aliphatic heterocycles. The van der Waals surface area contributed by atoms with Gasteiger partial charge in [0.15, 0.2) is 0 Å². The molecule has 0 atom stereocenters. The molecule has 0 saturated carbocycles. The third-order valence-corrected chi connectivity index (χ3v) is 4.97. The highest BCUT2D eigenvalue weighted by molar-refractivity contribution is 7.92. The van der Waals surface area contributed by atoms with E-state index in [9.17, 15) is 13.2 Å². The van der Waals surface area contributed by atoms with Crippen molar-refractivity contribution >= 4 is 21.6 Å². The molecule has 0 aliphatic rings. The molecular formula is C19H24N2O3S. The molecule has 2 aromatic carbocycles. The number of rotatable bonds is 7. The monoisotopic (exact) mass is 360 g/mol. The van der Waals surface area contributed by atoms with Gasteiger partial charge in [-0.2, -0.15) is 0 Å². The molecule has 0 unspecified atom stereocenters. The number of nitrogens with zero attached hydrogens (tertiary/aromatic N) is 1. The van der Waals surface area contributed by atoms with Gasteiger partial charge in [-0.1, -0.05) is 42.0 Å². The molecule has 2 aromatic rings. The zero-order valence-electron chi connectivity index (χ0n) is 14.8. The van der Waals surface area contributed by atoms with Crippen LogP contribution >= 0.6 is 0 Å². The maximum Gasteiger partial charge on any atom is 0.232 e. The minimum absolute atomic E-state index is 0.122. The van der Waals surface area contributed by atoms with Crippen molar-refractivity contribution in [2.24, 2.45) is 0 Å². The molecule has 1 N–H and O–H groups in total. The average molecular weight is 360 g/mol. The smallest absolute Gasteiger partial charge is 0.232 e. The Hall–Kier alpha value is -2.34. The summed E-state index contributed by atoms with van der Waals surface area (Å²) >= 11 is 0. The van der Waals surface area contributed by atoms with Gasteiger partial charge in [0, 0.05) is 6.54 Å². The van der Waals surface area contributed by atoms with Crippen molar-refractivity contribution in [3.8, 4) is 0 Å². The number of anilines is 1. The van der Waals surface area contributed by atoms with E-state index in [1.54, 1.807) is 6.07 Å². The Morgan fingerprint density at radius 2 is 1.68 bits per heavy atom. The first-order valence-corrected chi connectivity index (χ1v) is 9.97. The number of benzene rings is 2. The second-order valence-corrected chi connectivity index (χ2v) is 8.10. The van der Waals surface area contributed by atoms with Gasteiger partial charge in [-0.05, 0) is 37.1 Å². The topological polar surface area (TPSA) is 66.5 Å². The molecule has 0 aliphatic carbocycles. The van der Waals surface area contributed by atoms with Crippen molar-refractivity contribution in [3.63, 3.8) is 0 Å². The molecule has 1 amide bonds. The Labute approximate surface area is 149 Å². The number of hydrogen-bond acceptors (Lipinski definition) is 3. The molecule has 0 aromatic heterocycles. The molecule has 0 saturated heterocycles. The van der Waals surface area contributed by atoms with Crippen LogP contribution in [0, 0.1) is 13.8 Å². The number of carbonyl (C=O) groups is 1. The molecule has 2 rings (SSSR count). The van der Waals surface area contributed by atoms with E-state index in [-0.39, 0.29) is 25.4 Å². The first-order chi connectivity index (χ1) is 11.8. The standard InChI is InChI=1S/C19H24N2O3S/c1-15-6-4-8-17(12-15)14-19(22)20-10-11-21(25(3,23)24)18-9-5-7-16(2)13-18/h4-9,12-13H,10-11,14H2,1-3H3,(H,20,22). The number of aryl methyl sites for hydroxylation is 2. The third-order valence-electron chi connectivity index (χ3n) is 3.77. The second kappa shape index (κ2) is 8.16. The second-order valence-electron chi connectivity index (χ2n) is 6.19. The van der Waals surface area contributed by atoms with Gasteiger partial charge < -0.3 is 5.32 Å². The van der Waals surface area contributed by atoms with E-state index >= 15 is 0 Å². The van der Waals surface area contributed by atoms with Crippen molar-refractivity contribution in [1.29, 1.82) is 0 Å². The summed E-state index contributed by atoms with van der Waals surface area (Å²) in [6.45, 7) is 4.34. The lowest BCUT2D eigenvalue weighted by atomic mass is 10.1. The summed E-state index contributed by atoms with van der Waals surface area (Å²) in [6, 6.07) is 15.1. The quantitative estimate of drug-likeness (QED) is 0.825. The highest BCUT2D eigenvalue weighted by Crippen LogP contribution is 2.18. The molecule has 0 fully saturated rings. The number of nitrogens with one attached hydrogen (secondary N) is 1. The Morgan fingerprint density at radius 1 is 1.04 bits per heavy atom. The SMILES string of the molecule is Cc1cccc(CC(=O)NCCN(c2cccc(C)c2)S(C)(=O)=O)c1. The zero-order valence-corrected chi connectivity index (χ0v) is 15.6. The van der Waals surface area contributed by atoms with Crippen LogP contribution in [0.5, 0.6) is 0 Å². The van der Waals surface area contributed by atoms with Crippen molar-refractivity contribution < 1.29 is 13.2 Å². The predicted octanol–water partition coefficient (Wildman–Crippen LogP) is 2.43. The maximum absolute atomic E-state index is 12.1. The largest absolute Gasteiger partial charge is 0.354 e. The fourth-order valence-electron chi connectivity index (χ4n) is 2.64. The summed E-state index contributed by atoms with van der Waals surface area (Å²) in [5.74, 6) is -0.122. The maximum atomic E-state index is 12.1. The van der Waals surface area contributed by atoms with Gasteiger partial charge in [0.1, 0.15) is 0 Å². The first-order valence-electron chi connectivity index (χ1n) is 8.12. The zero-order chi connectivity index (χ0) is 18.4. The summed E-state index contributed by atoms with van der Waals surface area (Å²) < 4.78 is 25.4. The van der Waals surface area contributed by atoms with E-state index in [2.05, 4.69) is 5.32 Å². The normalized spacial score (nSPS) is 11.2. The van der Waals surface area contributed by atoms with E-state index in [1.165, 1.54) is 10.6 Å². The molecular weight excluding hydrogens is 336 g/mol. The van der Waals surface area contributed by atoms with Gasteiger partial charge in [-0.25, -0.2) is 8.42 Å². The summed E-state index contributed by atoms with van der Waals surface area (Å²) in [6.07, 6.45) is 1.45. The number of hydrogen-bond donors (Lipinski definition) is 1. The van der Waals surface area contributed by atoms with Crippen LogP contribution in [0.15, 0.2) is 48.5 Å². The van der Waals surface area contributed by atoms with Gasteiger partial charge in [0.05, 0.1) is 24.9 Å². The van der Waals surface area contributed by atoms with Crippen LogP contribution in [0.3, 0.4) is 0 Å². The molecule has 0 radical (unpaired) electrons. The lowest BCUT2D eigenvalue weighted by molar-refractivity contribution is -0.120. The van der Waals surface area contributed by atoms with Crippen LogP contribution in [0.1, 0.15) is 16.7 Å². The van der Waals surface area contributed by atoms with E-state index in [1.807, 2.05) is 56.3 Å². The Morgan fingerprint density at radius 3 is 2.28 bits per heavy atom. The predicted molar refractivity (Wildman–Crippen MR) is 101 cm³/mol. The van der Waals surface area contributed by atoms with Crippen molar-refractivity contribution in [2.75, 3.05) is 23.7 Å². The van der Waals surface area contributed by atoms with E-state index < -0.39 is 10.0 Å². The summed E-state index contributed by atoms with van der Waals surface area (Å²) in [5.41, 5.74) is 3.63.